The number of para-hydroxylation sites is 1. The fourth-order valence-electron chi connectivity index (χ4n) is 0.693. The monoisotopic (exact) mass is 186 g/mol. The van der Waals surface area contributed by atoms with E-state index in [1.165, 1.54) is 0 Å². The molecular weight excluding hydrogens is 176 g/mol. The first-order chi connectivity index (χ1) is 5.33. The van der Waals surface area contributed by atoms with Gasteiger partial charge >= 0.3 is 0 Å². The average molecular weight is 186 g/mol. The second-order valence-electron chi connectivity index (χ2n) is 2.07. The van der Waals surface area contributed by atoms with Crippen LogP contribution in [-0.2, 0) is 0 Å². The van der Waals surface area contributed by atoms with Crippen molar-refractivity contribution in [3.63, 3.8) is 0 Å². The van der Waals surface area contributed by atoms with Gasteiger partial charge in [-0.3, -0.25) is 0 Å². The lowest BCUT2D eigenvalue weighted by molar-refractivity contribution is 0.314. The van der Waals surface area contributed by atoms with Crippen molar-refractivity contribution in [2.45, 2.75) is 5.44 Å². The quantitative estimate of drug-likeness (QED) is 0.544. The minimum atomic E-state index is -0.124. The van der Waals surface area contributed by atoms with Crippen molar-refractivity contribution in [1.29, 1.82) is 0 Å². The largest absolute Gasteiger partial charge is 0.479 e. The lowest BCUT2D eigenvalue weighted by atomic mass is 10.3. The molecule has 0 amide bonds. The van der Waals surface area contributed by atoms with E-state index in [2.05, 4.69) is 25.3 Å². The molecule has 0 saturated carbocycles. The van der Waals surface area contributed by atoms with Gasteiger partial charge in [-0.15, -0.1) is 12.6 Å². The van der Waals surface area contributed by atoms with Gasteiger partial charge < -0.3 is 4.74 Å². The maximum absolute atomic E-state index is 5.35. The fraction of sp³-hybridized carbons (Fsp3) is 0.250. The van der Waals surface area contributed by atoms with E-state index in [1.54, 1.807) is 0 Å². The molecule has 0 fully saturated rings. The van der Waals surface area contributed by atoms with Gasteiger partial charge in [-0.2, -0.15) is 12.6 Å². The van der Waals surface area contributed by atoms with Crippen LogP contribution in [0.4, 0.5) is 0 Å². The molecule has 0 heterocycles. The van der Waals surface area contributed by atoms with Crippen molar-refractivity contribution < 1.29 is 4.74 Å². The molecule has 0 aliphatic carbocycles. The third kappa shape index (κ3) is 3.08. The smallest absolute Gasteiger partial charge is 0.150 e. The van der Waals surface area contributed by atoms with Gasteiger partial charge in [0.2, 0.25) is 0 Å². The van der Waals surface area contributed by atoms with E-state index in [1.807, 2.05) is 30.3 Å². The highest BCUT2D eigenvalue weighted by atomic mass is 32.1. The van der Waals surface area contributed by atoms with Crippen molar-refractivity contribution in [3.05, 3.63) is 30.3 Å². The first kappa shape index (κ1) is 8.81. The molecule has 0 aliphatic rings. The van der Waals surface area contributed by atoms with Crippen LogP contribution in [0.5, 0.6) is 5.75 Å². The van der Waals surface area contributed by atoms with E-state index in [0.29, 0.717) is 5.75 Å². The highest BCUT2D eigenvalue weighted by Crippen LogP contribution is 2.12. The third-order valence-corrected chi connectivity index (χ3v) is 2.08. The Morgan fingerprint density at radius 3 is 2.45 bits per heavy atom. The van der Waals surface area contributed by atoms with Crippen LogP contribution in [-0.4, -0.2) is 11.2 Å². The van der Waals surface area contributed by atoms with Gasteiger partial charge in [0, 0.05) is 5.75 Å². The van der Waals surface area contributed by atoms with Crippen molar-refractivity contribution in [2.75, 3.05) is 5.75 Å². The summed E-state index contributed by atoms with van der Waals surface area (Å²) in [5.74, 6) is 1.44. The van der Waals surface area contributed by atoms with E-state index in [9.17, 15) is 0 Å². The van der Waals surface area contributed by atoms with Gasteiger partial charge in [0.05, 0.1) is 0 Å². The lowest BCUT2D eigenvalue weighted by Gasteiger charge is -2.10. The summed E-state index contributed by atoms with van der Waals surface area (Å²) in [7, 11) is 0. The summed E-state index contributed by atoms with van der Waals surface area (Å²) in [5.41, 5.74) is -0.124. The zero-order valence-electron chi connectivity index (χ0n) is 5.97. The summed E-state index contributed by atoms with van der Waals surface area (Å²) in [5, 5.41) is 0. The average Bonchev–Trinajstić information content (AvgIpc) is 2.06. The van der Waals surface area contributed by atoms with Crippen molar-refractivity contribution >= 4 is 25.3 Å². The molecule has 0 aromatic heterocycles. The standard InChI is InChI=1S/C8H10OS2/c10-6-8(11)9-7-4-2-1-3-5-7/h1-5,8,10-11H,6H2. The Kier molecular flexibility index (Phi) is 3.66. The normalized spacial score (nSPS) is 12.5. The molecule has 11 heavy (non-hydrogen) atoms. The molecule has 0 saturated heterocycles. The molecule has 1 aromatic carbocycles. The third-order valence-electron chi connectivity index (χ3n) is 1.17. The van der Waals surface area contributed by atoms with Gasteiger partial charge in [-0.1, -0.05) is 18.2 Å². The van der Waals surface area contributed by atoms with Gasteiger partial charge in [-0.25, -0.2) is 0 Å². The highest BCUT2D eigenvalue weighted by Gasteiger charge is 1.99. The van der Waals surface area contributed by atoms with E-state index in [4.69, 9.17) is 4.74 Å². The van der Waals surface area contributed by atoms with Crippen LogP contribution in [0.2, 0.25) is 0 Å². The van der Waals surface area contributed by atoms with Crippen molar-refractivity contribution in [3.8, 4) is 5.75 Å². The predicted octanol–water partition coefficient (Wildman–Crippen LogP) is 2.25. The number of hydrogen-bond donors (Lipinski definition) is 2. The Balaban J connectivity index is 2.51. The van der Waals surface area contributed by atoms with Gasteiger partial charge in [0.1, 0.15) is 5.75 Å². The van der Waals surface area contributed by atoms with Crippen LogP contribution < -0.4 is 4.74 Å². The summed E-state index contributed by atoms with van der Waals surface area (Å²) >= 11 is 8.19. The molecule has 1 unspecified atom stereocenters. The Hall–Kier alpha value is -0.280. The molecule has 1 nitrogen and oxygen atoms in total. The second-order valence-corrected chi connectivity index (χ2v) is 3.01. The zero-order valence-corrected chi connectivity index (χ0v) is 7.76. The first-order valence-electron chi connectivity index (χ1n) is 3.33. The molecule has 1 atom stereocenters. The summed E-state index contributed by atoms with van der Waals surface area (Å²) < 4.78 is 5.35. The highest BCUT2D eigenvalue weighted by molar-refractivity contribution is 7.84. The molecule has 60 valence electrons. The maximum Gasteiger partial charge on any atom is 0.150 e. The Morgan fingerprint density at radius 2 is 1.91 bits per heavy atom. The van der Waals surface area contributed by atoms with Crippen LogP contribution in [0.25, 0.3) is 0 Å². The van der Waals surface area contributed by atoms with Crippen LogP contribution >= 0.6 is 25.3 Å². The van der Waals surface area contributed by atoms with E-state index >= 15 is 0 Å². The Labute approximate surface area is 77.6 Å². The molecular formula is C8H10OS2. The SMILES string of the molecule is SCC(S)Oc1ccccc1. The predicted molar refractivity (Wildman–Crippen MR) is 53.7 cm³/mol. The van der Waals surface area contributed by atoms with Crippen molar-refractivity contribution in [2.24, 2.45) is 0 Å². The Bertz CT molecular complexity index is 201. The summed E-state index contributed by atoms with van der Waals surface area (Å²) in [4.78, 5) is 0. The summed E-state index contributed by atoms with van der Waals surface area (Å²) in [6.45, 7) is 0. The second kappa shape index (κ2) is 4.57. The molecule has 0 N–H and O–H groups in total. The fourth-order valence-corrected chi connectivity index (χ4v) is 0.890. The van der Waals surface area contributed by atoms with Crippen molar-refractivity contribution in [1.82, 2.24) is 0 Å². The van der Waals surface area contributed by atoms with Gasteiger partial charge in [-0.05, 0) is 12.1 Å². The van der Waals surface area contributed by atoms with E-state index in [0.717, 1.165) is 5.75 Å². The summed E-state index contributed by atoms with van der Waals surface area (Å²) in [6, 6.07) is 9.59. The zero-order chi connectivity index (χ0) is 8.10. The maximum atomic E-state index is 5.35. The minimum absolute atomic E-state index is 0.124. The molecule has 0 spiro atoms. The van der Waals surface area contributed by atoms with Crippen LogP contribution in [0, 0.1) is 0 Å². The topological polar surface area (TPSA) is 9.23 Å². The van der Waals surface area contributed by atoms with Crippen LogP contribution in [0.15, 0.2) is 30.3 Å². The number of thiol groups is 2. The molecule has 1 aromatic rings. The molecule has 0 radical (unpaired) electrons. The minimum Gasteiger partial charge on any atom is -0.479 e. The number of hydrogen-bond acceptors (Lipinski definition) is 3. The number of ether oxygens (including phenoxy) is 1. The molecule has 0 bridgehead atoms. The Morgan fingerprint density at radius 1 is 1.27 bits per heavy atom. The van der Waals surface area contributed by atoms with Crippen LogP contribution in [0.3, 0.4) is 0 Å². The molecule has 1 rings (SSSR count). The van der Waals surface area contributed by atoms with Gasteiger partial charge in [0.25, 0.3) is 0 Å². The summed E-state index contributed by atoms with van der Waals surface area (Å²) in [6.07, 6.45) is 0. The number of benzene rings is 1. The molecule has 0 aliphatic heterocycles. The lowest BCUT2D eigenvalue weighted by Crippen LogP contribution is -2.09. The molecule has 3 heteroatoms. The van der Waals surface area contributed by atoms with E-state index in [-0.39, 0.29) is 5.44 Å². The van der Waals surface area contributed by atoms with E-state index < -0.39 is 0 Å². The van der Waals surface area contributed by atoms with Gasteiger partial charge in [0.15, 0.2) is 5.44 Å². The van der Waals surface area contributed by atoms with Crippen LogP contribution in [0.1, 0.15) is 0 Å². The first-order valence-corrected chi connectivity index (χ1v) is 4.48. The number of rotatable bonds is 3.